The molecule has 4 N–H and O–H groups in total. The number of rotatable bonds is 9. The van der Waals surface area contributed by atoms with E-state index in [9.17, 15) is 24.6 Å². The highest BCUT2D eigenvalue weighted by molar-refractivity contribution is 7.08. The molecule has 3 amide bonds. The Hall–Kier alpha value is -2.95. The van der Waals surface area contributed by atoms with E-state index in [2.05, 4.69) is 15.5 Å². The van der Waals surface area contributed by atoms with E-state index < -0.39 is 24.0 Å². The lowest BCUT2D eigenvalue weighted by Gasteiger charge is -2.37. The molecule has 32 heavy (non-hydrogen) atoms. The number of hydrogen-bond donors (Lipinski definition) is 4. The van der Waals surface area contributed by atoms with Gasteiger partial charge in [-0.25, -0.2) is 0 Å². The third-order valence-electron chi connectivity index (χ3n) is 5.26. The van der Waals surface area contributed by atoms with Crippen molar-refractivity contribution in [2.45, 2.75) is 18.6 Å². The number of thiophene rings is 1. The summed E-state index contributed by atoms with van der Waals surface area (Å²) in [5, 5.41) is 29.1. The molecule has 1 aromatic heterocycles. The highest BCUT2D eigenvalue weighted by Gasteiger charge is 2.34. The molecule has 2 aromatic rings. The van der Waals surface area contributed by atoms with Gasteiger partial charge >= 0.3 is 0 Å². The zero-order valence-electron chi connectivity index (χ0n) is 17.6. The van der Waals surface area contributed by atoms with E-state index in [1.54, 1.807) is 11.4 Å². The summed E-state index contributed by atoms with van der Waals surface area (Å²) in [5.41, 5.74) is 1.65. The molecule has 0 radical (unpaired) electrons. The van der Waals surface area contributed by atoms with Gasteiger partial charge < -0.3 is 30.6 Å². The van der Waals surface area contributed by atoms with E-state index in [0.29, 0.717) is 44.7 Å². The molecule has 0 spiro atoms. The molecule has 1 aromatic carbocycles. The SMILES string of the molecule is O=C(NCCCNC(=O)[C@H](O)[C@@H](O)C(=O)N1CCN(c2ccccc2)CC1)c1ccsc1. The summed E-state index contributed by atoms with van der Waals surface area (Å²) in [7, 11) is 0. The maximum atomic E-state index is 12.5. The molecule has 0 aliphatic carbocycles. The average Bonchev–Trinajstić information content (AvgIpc) is 3.38. The molecule has 1 saturated heterocycles. The first kappa shape index (κ1) is 23.7. The number of aliphatic hydroxyl groups is 2. The minimum Gasteiger partial charge on any atom is -0.380 e. The van der Waals surface area contributed by atoms with E-state index in [-0.39, 0.29) is 12.5 Å². The summed E-state index contributed by atoms with van der Waals surface area (Å²) < 4.78 is 0. The van der Waals surface area contributed by atoms with Crippen LogP contribution in [0.5, 0.6) is 0 Å². The monoisotopic (exact) mass is 460 g/mol. The number of carbonyl (C=O) groups excluding carboxylic acids is 3. The van der Waals surface area contributed by atoms with Crippen LogP contribution in [0.1, 0.15) is 16.8 Å². The number of amides is 3. The number of hydrogen-bond acceptors (Lipinski definition) is 7. The maximum Gasteiger partial charge on any atom is 0.254 e. The third-order valence-corrected chi connectivity index (χ3v) is 5.94. The Morgan fingerprint density at radius 1 is 0.938 bits per heavy atom. The molecule has 172 valence electrons. The number of piperazine rings is 1. The second-order valence-electron chi connectivity index (χ2n) is 7.45. The Bertz CT molecular complexity index is 885. The summed E-state index contributed by atoms with van der Waals surface area (Å²) in [5.74, 6) is -1.67. The Morgan fingerprint density at radius 3 is 2.28 bits per heavy atom. The minimum atomic E-state index is -1.85. The Balaban J connectivity index is 1.35. The van der Waals surface area contributed by atoms with Crippen molar-refractivity contribution in [2.24, 2.45) is 0 Å². The highest BCUT2D eigenvalue weighted by Crippen LogP contribution is 2.16. The number of carbonyl (C=O) groups is 3. The Labute approximate surface area is 190 Å². The van der Waals surface area contributed by atoms with Crippen LogP contribution in [0, 0.1) is 0 Å². The predicted molar refractivity (Wildman–Crippen MR) is 122 cm³/mol. The van der Waals surface area contributed by atoms with Crippen LogP contribution in [-0.2, 0) is 9.59 Å². The predicted octanol–water partition coefficient (Wildman–Crippen LogP) is 0.0548. The smallest absolute Gasteiger partial charge is 0.254 e. The number of aliphatic hydroxyl groups excluding tert-OH is 2. The largest absolute Gasteiger partial charge is 0.380 e. The average molecular weight is 461 g/mol. The zero-order valence-corrected chi connectivity index (χ0v) is 18.5. The normalized spacial score (nSPS) is 15.7. The van der Waals surface area contributed by atoms with Crippen molar-refractivity contribution in [2.75, 3.05) is 44.2 Å². The van der Waals surface area contributed by atoms with Crippen LogP contribution in [0.25, 0.3) is 0 Å². The minimum absolute atomic E-state index is 0.189. The zero-order chi connectivity index (χ0) is 22.9. The first-order valence-corrected chi connectivity index (χ1v) is 11.4. The quantitative estimate of drug-likeness (QED) is 0.393. The van der Waals surface area contributed by atoms with Gasteiger partial charge in [0, 0.05) is 55.9 Å². The molecule has 1 fully saturated rings. The molecule has 2 heterocycles. The maximum absolute atomic E-state index is 12.5. The summed E-state index contributed by atoms with van der Waals surface area (Å²) in [6, 6.07) is 11.5. The van der Waals surface area contributed by atoms with Crippen LogP contribution in [0.3, 0.4) is 0 Å². The second-order valence-corrected chi connectivity index (χ2v) is 8.23. The van der Waals surface area contributed by atoms with Crippen molar-refractivity contribution in [3.05, 3.63) is 52.7 Å². The first-order chi connectivity index (χ1) is 15.5. The van der Waals surface area contributed by atoms with Gasteiger partial charge in [0.25, 0.3) is 17.7 Å². The molecular weight excluding hydrogens is 432 g/mol. The van der Waals surface area contributed by atoms with Crippen LogP contribution < -0.4 is 15.5 Å². The van der Waals surface area contributed by atoms with Gasteiger partial charge in [0.2, 0.25) is 0 Å². The number of nitrogens with one attached hydrogen (secondary N) is 2. The lowest BCUT2D eigenvalue weighted by molar-refractivity contribution is -0.153. The van der Waals surface area contributed by atoms with E-state index >= 15 is 0 Å². The van der Waals surface area contributed by atoms with Gasteiger partial charge in [-0.3, -0.25) is 14.4 Å². The fourth-order valence-electron chi connectivity index (χ4n) is 3.39. The molecule has 0 bridgehead atoms. The van der Waals surface area contributed by atoms with Crippen molar-refractivity contribution in [1.82, 2.24) is 15.5 Å². The van der Waals surface area contributed by atoms with Crippen molar-refractivity contribution in [1.29, 1.82) is 0 Å². The number of anilines is 1. The third kappa shape index (κ3) is 6.28. The van der Waals surface area contributed by atoms with Gasteiger partial charge in [0.15, 0.2) is 12.2 Å². The molecule has 1 aliphatic rings. The topological polar surface area (TPSA) is 122 Å². The number of nitrogens with zero attached hydrogens (tertiary/aromatic N) is 2. The number of benzene rings is 1. The van der Waals surface area contributed by atoms with E-state index in [4.69, 9.17) is 0 Å². The Kier molecular flexibility index (Phi) is 8.60. The molecule has 2 atom stereocenters. The summed E-state index contributed by atoms with van der Waals surface area (Å²) >= 11 is 1.43. The van der Waals surface area contributed by atoms with E-state index in [1.165, 1.54) is 16.2 Å². The Morgan fingerprint density at radius 2 is 1.62 bits per heavy atom. The van der Waals surface area contributed by atoms with Gasteiger partial charge in [0.1, 0.15) is 0 Å². The van der Waals surface area contributed by atoms with Crippen LogP contribution in [-0.4, -0.2) is 84.3 Å². The lowest BCUT2D eigenvalue weighted by atomic mass is 10.1. The molecule has 0 unspecified atom stereocenters. The molecule has 1 aliphatic heterocycles. The van der Waals surface area contributed by atoms with Crippen molar-refractivity contribution >= 4 is 34.7 Å². The summed E-state index contributed by atoms with van der Waals surface area (Å²) in [6.07, 6.45) is -3.23. The molecule has 3 rings (SSSR count). The van der Waals surface area contributed by atoms with Crippen LogP contribution in [0.4, 0.5) is 5.69 Å². The molecule has 0 saturated carbocycles. The molecular formula is C22H28N4O5S. The van der Waals surface area contributed by atoms with Crippen molar-refractivity contribution in [3.8, 4) is 0 Å². The number of para-hydroxylation sites is 1. The second kappa shape index (κ2) is 11.6. The lowest BCUT2D eigenvalue weighted by Crippen LogP contribution is -2.55. The van der Waals surface area contributed by atoms with Crippen LogP contribution >= 0.6 is 11.3 Å². The van der Waals surface area contributed by atoms with Crippen LogP contribution in [0.2, 0.25) is 0 Å². The summed E-state index contributed by atoms with van der Waals surface area (Å²) in [6.45, 7) is 2.52. The van der Waals surface area contributed by atoms with Gasteiger partial charge in [0.05, 0.1) is 0 Å². The van der Waals surface area contributed by atoms with Gasteiger partial charge in [-0.2, -0.15) is 11.3 Å². The fraction of sp³-hybridized carbons (Fsp3) is 0.409. The van der Waals surface area contributed by atoms with E-state index in [1.807, 2.05) is 35.7 Å². The van der Waals surface area contributed by atoms with E-state index in [0.717, 1.165) is 5.69 Å². The van der Waals surface area contributed by atoms with Crippen molar-refractivity contribution < 1.29 is 24.6 Å². The molecule has 9 nitrogen and oxygen atoms in total. The van der Waals surface area contributed by atoms with Gasteiger partial charge in [-0.15, -0.1) is 0 Å². The van der Waals surface area contributed by atoms with Crippen molar-refractivity contribution in [3.63, 3.8) is 0 Å². The highest BCUT2D eigenvalue weighted by atomic mass is 32.1. The summed E-state index contributed by atoms with van der Waals surface area (Å²) in [4.78, 5) is 40.0. The first-order valence-electron chi connectivity index (χ1n) is 10.5. The van der Waals surface area contributed by atoms with Gasteiger partial charge in [-0.1, -0.05) is 18.2 Å². The molecule has 10 heteroatoms. The van der Waals surface area contributed by atoms with Crippen LogP contribution in [0.15, 0.2) is 47.2 Å². The standard InChI is InChI=1S/C22H28N4O5S/c27-18(21(30)24-9-4-8-23-20(29)16-7-14-32-15-16)19(28)22(31)26-12-10-25(11-13-26)17-5-2-1-3-6-17/h1-3,5-7,14-15,18-19,27-28H,4,8-13H2,(H,23,29)(H,24,30)/t18-,19-/m1/s1. The fourth-order valence-corrected chi connectivity index (χ4v) is 4.03. The van der Waals surface area contributed by atoms with Gasteiger partial charge in [-0.05, 0) is 30.0 Å².